The monoisotopic (exact) mass is 556 g/mol. The lowest BCUT2D eigenvalue weighted by Crippen LogP contribution is -2.27. The van der Waals surface area contributed by atoms with Crippen LogP contribution >= 0.6 is 0 Å². The summed E-state index contributed by atoms with van der Waals surface area (Å²) in [6.45, 7) is 3.17. The van der Waals surface area contributed by atoms with E-state index in [0.29, 0.717) is 27.6 Å². The molecule has 5 rings (SSSR count). The van der Waals surface area contributed by atoms with Gasteiger partial charge in [-0.15, -0.1) is 0 Å². The number of carbonyl (C=O) groups is 1. The largest absolute Gasteiger partial charge is 0.496 e. The van der Waals surface area contributed by atoms with Gasteiger partial charge >= 0.3 is 11.7 Å². The number of fused-ring (bicyclic) bond motifs is 2. The number of nitro benzene ring substituents is 1. The van der Waals surface area contributed by atoms with Crippen LogP contribution in [0.5, 0.6) is 11.5 Å². The summed E-state index contributed by atoms with van der Waals surface area (Å²) >= 11 is 0. The van der Waals surface area contributed by atoms with Crippen LogP contribution in [0.3, 0.4) is 0 Å². The Hall–Kier alpha value is -5.52. The Morgan fingerprint density at radius 1 is 1.15 bits per heavy atom. The third kappa shape index (κ3) is 5.22. The smallest absolute Gasteiger partial charge is 0.347 e. The lowest BCUT2D eigenvalue weighted by atomic mass is 10.2. The van der Waals surface area contributed by atoms with Crippen LogP contribution in [-0.2, 0) is 9.53 Å². The van der Waals surface area contributed by atoms with Crippen LogP contribution in [0.15, 0.2) is 81.0 Å². The molecule has 0 saturated heterocycles. The van der Waals surface area contributed by atoms with E-state index in [1.165, 1.54) is 38.4 Å². The van der Waals surface area contributed by atoms with Gasteiger partial charge in [0.2, 0.25) is 11.6 Å². The lowest BCUT2D eigenvalue weighted by Gasteiger charge is -2.15. The highest BCUT2D eigenvalue weighted by atomic mass is 16.6. The highest BCUT2D eigenvalue weighted by Gasteiger charge is 2.25. The van der Waals surface area contributed by atoms with Gasteiger partial charge in [0.1, 0.15) is 11.3 Å². The number of hydrogen-bond donors (Lipinski definition) is 0. The third-order valence-corrected chi connectivity index (χ3v) is 6.16. The second-order valence-electron chi connectivity index (χ2n) is 8.76. The summed E-state index contributed by atoms with van der Waals surface area (Å²) in [6.07, 6.45) is 0.0829. The summed E-state index contributed by atoms with van der Waals surface area (Å²) in [5.74, 6) is 0.0152. The fraction of sp³-hybridized carbons (Fsp3) is 0.172. The van der Waals surface area contributed by atoms with E-state index in [1.807, 2.05) is 0 Å². The van der Waals surface area contributed by atoms with Gasteiger partial charge in [-0.2, -0.15) is 9.78 Å². The van der Waals surface area contributed by atoms with Crippen molar-refractivity contribution in [1.29, 1.82) is 0 Å². The fourth-order valence-electron chi connectivity index (χ4n) is 4.23. The number of esters is 1. The number of carbonyl (C=O) groups excluding carboxylic acids is 1. The Kier molecular flexibility index (Phi) is 7.46. The summed E-state index contributed by atoms with van der Waals surface area (Å²) in [6, 6.07) is 18.0. The topological polar surface area (TPSA) is 148 Å². The number of rotatable bonds is 9. The number of para-hydroxylation sites is 2. The molecule has 0 aliphatic heterocycles. The summed E-state index contributed by atoms with van der Waals surface area (Å²) in [7, 11) is 1.54. The van der Waals surface area contributed by atoms with Crippen LogP contribution in [0.2, 0.25) is 0 Å². The summed E-state index contributed by atoms with van der Waals surface area (Å²) in [5, 5.41) is 17.1. The maximum absolute atomic E-state index is 13.6. The molecule has 12 heteroatoms. The van der Waals surface area contributed by atoms with E-state index in [1.54, 1.807) is 55.5 Å². The van der Waals surface area contributed by atoms with Gasteiger partial charge in [0.05, 0.1) is 41.1 Å². The molecule has 0 aliphatic carbocycles. The Morgan fingerprint density at radius 2 is 1.93 bits per heavy atom. The van der Waals surface area contributed by atoms with E-state index in [2.05, 4.69) is 10.1 Å². The van der Waals surface area contributed by atoms with Gasteiger partial charge in [-0.25, -0.2) is 9.78 Å². The quantitative estimate of drug-likeness (QED) is 0.106. The zero-order valence-electron chi connectivity index (χ0n) is 22.3. The molecule has 2 heterocycles. The Balaban J connectivity index is 1.67. The van der Waals surface area contributed by atoms with Gasteiger partial charge in [0.15, 0.2) is 11.9 Å². The van der Waals surface area contributed by atoms with Gasteiger partial charge in [-0.1, -0.05) is 24.3 Å². The van der Waals surface area contributed by atoms with Crippen LogP contribution in [-0.4, -0.2) is 46.6 Å². The minimum absolute atomic E-state index is 0.0935. The molecule has 0 N–H and O–H groups in total. The second-order valence-corrected chi connectivity index (χ2v) is 8.76. The molecule has 41 heavy (non-hydrogen) atoms. The highest BCUT2D eigenvalue weighted by Crippen LogP contribution is 2.34. The first-order valence-corrected chi connectivity index (χ1v) is 12.6. The molecular formula is C29H24N4O8. The fourth-order valence-corrected chi connectivity index (χ4v) is 4.23. The third-order valence-electron chi connectivity index (χ3n) is 6.16. The minimum Gasteiger partial charge on any atom is -0.496 e. The molecule has 3 aromatic carbocycles. The zero-order chi connectivity index (χ0) is 29.1. The van der Waals surface area contributed by atoms with Crippen LogP contribution < -0.4 is 15.0 Å². The van der Waals surface area contributed by atoms with Crippen molar-refractivity contribution in [2.75, 3.05) is 13.7 Å². The standard InChI is InChI=1S/C29H24N4O8/c1-4-39-29(35)17(2)40-26-18(9-7-12-22(26)33(36)37)16-30-32-27(31-21-11-6-5-10-19(21)28(32)34)25-15-20-23(38-3)13-8-14-24(20)41-25/h5-17H,4H2,1-3H3/t17-/m1/s1. The van der Waals surface area contributed by atoms with Crippen LogP contribution in [0.4, 0.5) is 5.69 Å². The average molecular weight is 557 g/mol. The number of hydrogen-bond acceptors (Lipinski definition) is 10. The predicted molar refractivity (Wildman–Crippen MR) is 151 cm³/mol. The number of furan rings is 1. The molecule has 12 nitrogen and oxygen atoms in total. The molecule has 0 spiro atoms. The van der Waals surface area contributed by atoms with Gasteiger partial charge in [0.25, 0.3) is 5.56 Å². The zero-order valence-corrected chi connectivity index (χ0v) is 22.3. The minimum atomic E-state index is -1.14. The highest BCUT2D eigenvalue weighted by molar-refractivity contribution is 5.89. The molecule has 0 fully saturated rings. The first-order valence-electron chi connectivity index (χ1n) is 12.6. The first-order chi connectivity index (χ1) is 19.8. The van der Waals surface area contributed by atoms with Gasteiger partial charge in [0, 0.05) is 11.6 Å². The van der Waals surface area contributed by atoms with Crippen molar-refractivity contribution in [3.63, 3.8) is 0 Å². The molecule has 0 bridgehead atoms. The van der Waals surface area contributed by atoms with Gasteiger partial charge < -0.3 is 18.6 Å². The molecule has 0 amide bonds. The van der Waals surface area contributed by atoms with Gasteiger partial charge in [-0.05, 0) is 50.2 Å². The first kappa shape index (κ1) is 27.1. The Morgan fingerprint density at radius 3 is 2.68 bits per heavy atom. The van der Waals surface area contributed by atoms with E-state index in [4.69, 9.17) is 18.6 Å². The maximum Gasteiger partial charge on any atom is 0.347 e. The van der Waals surface area contributed by atoms with Crippen LogP contribution in [0.1, 0.15) is 19.4 Å². The second kappa shape index (κ2) is 11.3. The maximum atomic E-state index is 13.6. The Bertz CT molecular complexity index is 1870. The summed E-state index contributed by atoms with van der Waals surface area (Å²) in [4.78, 5) is 41.6. The molecule has 2 aromatic heterocycles. The van der Waals surface area contributed by atoms with Crippen molar-refractivity contribution in [1.82, 2.24) is 9.66 Å². The number of nitro groups is 1. The van der Waals surface area contributed by atoms with Crippen LogP contribution in [0, 0.1) is 10.1 Å². The number of benzene rings is 3. The number of nitrogens with zero attached hydrogens (tertiary/aromatic N) is 4. The van der Waals surface area contributed by atoms with Gasteiger partial charge in [-0.3, -0.25) is 14.9 Å². The molecule has 0 radical (unpaired) electrons. The molecule has 0 unspecified atom stereocenters. The predicted octanol–water partition coefficient (Wildman–Crippen LogP) is 4.94. The summed E-state index contributed by atoms with van der Waals surface area (Å²) < 4.78 is 23.2. The lowest BCUT2D eigenvalue weighted by molar-refractivity contribution is -0.386. The van der Waals surface area contributed by atoms with E-state index in [0.717, 1.165) is 4.68 Å². The average Bonchev–Trinajstić information content (AvgIpc) is 3.41. The van der Waals surface area contributed by atoms with Crippen molar-refractivity contribution in [3.05, 3.63) is 92.8 Å². The van der Waals surface area contributed by atoms with Crippen LogP contribution in [0.25, 0.3) is 33.5 Å². The van der Waals surface area contributed by atoms with Crippen molar-refractivity contribution in [2.24, 2.45) is 5.10 Å². The molecule has 0 saturated carbocycles. The van der Waals surface area contributed by atoms with E-state index in [9.17, 15) is 19.7 Å². The summed E-state index contributed by atoms with van der Waals surface area (Å²) in [5.41, 5.74) is 0.196. The van der Waals surface area contributed by atoms with E-state index >= 15 is 0 Å². The van der Waals surface area contributed by atoms with E-state index in [-0.39, 0.29) is 29.5 Å². The number of methoxy groups -OCH3 is 1. The van der Waals surface area contributed by atoms with Crippen molar-refractivity contribution in [3.8, 4) is 23.1 Å². The normalized spacial score (nSPS) is 12.1. The van der Waals surface area contributed by atoms with Crippen molar-refractivity contribution >= 4 is 39.7 Å². The molecule has 0 aliphatic rings. The number of aromatic nitrogens is 2. The van der Waals surface area contributed by atoms with E-state index < -0.39 is 28.2 Å². The molecule has 1 atom stereocenters. The number of ether oxygens (including phenoxy) is 3. The van der Waals surface area contributed by atoms with Crippen molar-refractivity contribution in [2.45, 2.75) is 20.0 Å². The molecule has 5 aromatic rings. The van der Waals surface area contributed by atoms with Crippen molar-refractivity contribution < 1.29 is 28.3 Å². The SMILES string of the molecule is CCOC(=O)[C@@H](C)Oc1c(C=Nn2c(-c3cc4c(OC)cccc4o3)nc3ccccc3c2=O)cccc1[N+](=O)[O-]. The molecule has 208 valence electrons. The Labute approximate surface area is 232 Å². The molecular weight excluding hydrogens is 532 g/mol.